The van der Waals surface area contributed by atoms with E-state index in [4.69, 9.17) is 34.3 Å². The Labute approximate surface area is 440 Å². The fourth-order valence-corrected chi connectivity index (χ4v) is 11.2. The Hall–Kier alpha value is -9.98. The van der Waals surface area contributed by atoms with Crippen molar-refractivity contribution in [2.75, 3.05) is 0 Å². The molecule has 7 nitrogen and oxygen atoms in total. The molecule has 3 heterocycles. The lowest BCUT2D eigenvalue weighted by Crippen LogP contribution is -2.28. The number of hydrogen-bond acceptors (Lipinski definition) is 7. The summed E-state index contributed by atoms with van der Waals surface area (Å²) in [4.78, 5) is 31.1. The second-order valence-corrected chi connectivity index (χ2v) is 19.5. The van der Waals surface area contributed by atoms with Gasteiger partial charge in [0.15, 0.2) is 34.9 Å². The number of aromatic nitrogens is 6. The molecule has 0 fully saturated rings. The Morgan fingerprint density at radius 1 is 0.303 bits per heavy atom. The third-order valence-corrected chi connectivity index (χ3v) is 14.8. The van der Waals surface area contributed by atoms with Crippen LogP contribution in [0.15, 0.2) is 247 Å². The van der Waals surface area contributed by atoms with E-state index in [2.05, 4.69) is 147 Å². The van der Waals surface area contributed by atoms with Crippen LogP contribution < -0.4 is 0 Å². The molecule has 0 aliphatic heterocycles. The summed E-state index contributed by atoms with van der Waals surface area (Å²) in [6.45, 7) is 4.30. The van der Waals surface area contributed by atoms with Crippen molar-refractivity contribution in [3.05, 3.63) is 276 Å². The maximum atomic E-state index is 6.66. The van der Waals surface area contributed by atoms with Crippen molar-refractivity contribution in [3.63, 3.8) is 0 Å². The Kier molecular flexibility index (Phi) is 10.7. The van der Waals surface area contributed by atoms with Gasteiger partial charge in [0.05, 0.1) is 5.41 Å². The molecule has 0 saturated carbocycles. The van der Waals surface area contributed by atoms with Gasteiger partial charge in [0.25, 0.3) is 0 Å². The molecule has 0 bridgehead atoms. The number of benzene rings is 10. The van der Waals surface area contributed by atoms with Gasteiger partial charge in [-0.15, -0.1) is 0 Å². The summed E-state index contributed by atoms with van der Waals surface area (Å²) in [5, 5.41) is 1.90. The average Bonchev–Trinajstić information content (AvgIpc) is 4.25. The predicted molar refractivity (Wildman–Crippen MR) is 305 cm³/mol. The van der Waals surface area contributed by atoms with Gasteiger partial charge in [0.1, 0.15) is 11.2 Å². The summed E-state index contributed by atoms with van der Waals surface area (Å²) in [6, 6.07) is 84.9. The van der Waals surface area contributed by atoms with Crippen molar-refractivity contribution in [2.45, 2.75) is 19.3 Å². The summed E-state index contributed by atoms with van der Waals surface area (Å²) in [6.07, 6.45) is 0. The summed E-state index contributed by atoms with van der Waals surface area (Å²) in [5.74, 6) is 3.60. The largest absolute Gasteiger partial charge is 0.456 e. The van der Waals surface area contributed by atoms with Gasteiger partial charge >= 0.3 is 0 Å². The Bertz CT molecular complexity index is 4170. The molecule has 7 heteroatoms. The molecule has 76 heavy (non-hydrogen) atoms. The first-order valence-corrected chi connectivity index (χ1v) is 25.6. The number of nitrogens with zero attached hydrogens (tertiary/aromatic N) is 6. The number of fused-ring (bicyclic) bond motifs is 6. The van der Waals surface area contributed by atoms with Crippen LogP contribution in [0.3, 0.4) is 0 Å². The van der Waals surface area contributed by atoms with E-state index in [0.29, 0.717) is 34.9 Å². The first kappa shape index (κ1) is 44.7. The molecular weight excluding hydrogens is 929 g/mol. The van der Waals surface area contributed by atoms with Crippen LogP contribution in [-0.2, 0) is 5.41 Å². The molecule has 0 N–H and O–H groups in total. The molecular formula is C69H46N6O. The Balaban J connectivity index is 1.000. The Morgan fingerprint density at radius 3 is 1.25 bits per heavy atom. The predicted octanol–water partition coefficient (Wildman–Crippen LogP) is 16.6. The summed E-state index contributed by atoms with van der Waals surface area (Å²) >= 11 is 0. The van der Waals surface area contributed by atoms with Crippen LogP contribution in [0, 0.1) is 13.8 Å². The molecule has 0 unspecified atom stereocenters. The minimum absolute atomic E-state index is 0.570. The van der Waals surface area contributed by atoms with Gasteiger partial charge in [0.2, 0.25) is 0 Å². The fraction of sp³-hybridized carbons (Fsp3) is 0.0435. The molecule has 0 spiro atoms. The van der Waals surface area contributed by atoms with Crippen LogP contribution in [-0.4, -0.2) is 29.9 Å². The van der Waals surface area contributed by atoms with Crippen LogP contribution in [0.4, 0.5) is 0 Å². The molecule has 0 saturated heterocycles. The van der Waals surface area contributed by atoms with E-state index in [0.717, 1.165) is 83.1 Å². The molecule has 1 aliphatic rings. The minimum Gasteiger partial charge on any atom is -0.456 e. The van der Waals surface area contributed by atoms with Crippen LogP contribution in [0.2, 0.25) is 0 Å². The highest BCUT2D eigenvalue weighted by Crippen LogP contribution is 2.59. The van der Waals surface area contributed by atoms with Crippen molar-refractivity contribution >= 4 is 21.9 Å². The van der Waals surface area contributed by atoms with Crippen LogP contribution in [0.1, 0.15) is 33.4 Å². The van der Waals surface area contributed by atoms with E-state index in [-0.39, 0.29) is 0 Å². The lowest BCUT2D eigenvalue weighted by molar-refractivity contribution is 0.669. The lowest BCUT2D eigenvalue weighted by Gasteiger charge is -2.34. The summed E-state index contributed by atoms with van der Waals surface area (Å²) < 4.78 is 6.66. The first-order chi connectivity index (χ1) is 37.5. The highest BCUT2D eigenvalue weighted by atomic mass is 16.3. The zero-order chi connectivity index (χ0) is 50.7. The third-order valence-electron chi connectivity index (χ3n) is 14.8. The fourth-order valence-electron chi connectivity index (χ4n) is 11.2. The van der Waals surface area contributed by atoms with Gasteiger partial charge < -0.3 is 4.42 Å². The summed E-state index contributed by atoms with van der Waals surface area (Å²) in [5.41, 5.74) is 17.7. The van der Waals surface area contributed by atoms with Crippen molar-refractivity contribution < 1.29 is 4.42 Å². The van der Waals surface area contributed by atoms with E-state index >= 15 is 0 Å². The number of furan rings is 1. The van der Waals surface area contributed by atoms with Crippen molar-refractivity contribution in [2.24, 2.45) is 0 Å². The highest BCUT2D eigenvalue weighted by Gasteiger charge is 2.47. The van der Waals surface area contributed by atoms with E-state index < -0.39 is 5.41 Å². The van der Waals surface area contributed by atoms with Crippen molar-refractivity contribution in [1.29, 1.82) is 0 Å². The number of hydrogen-bond donors (Lipinski definition) is 0. The van der Waals surface area contributed by atoms with E-state index in [1.165, 1.54) is 27.8 Å². The van der Waals surface area contributed by atoms with Gasteiger partial charge in [-0.25, -0.2) is 29.9 Å². The van der Waals surface area contributed by atoms with Gasteiger partial charge in [-0.05, 0) is 82.6 Å². The molecule has 1 aliphatic carbocycles. The van der Waals surface area contributed by atoms with Crippen LogP contribution in [0.5, 0.6) is 0 Å². The molecule has 0 radical (unpaired) electrons. The molecule has 14 rings (SSSR count). The van der Waals surface area contributed by atoms with Gasteiger partial charge in [-0.3, -0.25) is 0 Å². The third kappa shape index (κ3) is 7.51. The molecule has 13 aromatic rings. The number of aryl methyl sites for hydroxylation is 2. The second-order valence-electron chi connectivity index (χ2n) is 19.5. The monoisotopic (exact) mass is 974 g/mol. The highest BCUT2D eigenvalue weighted by molar-refractivity contribution is 6.13. The Morgan fingerprint density at radius 2 is 0.737 bits per heavy atom. The van der Waals surface area contributed by atoms with Crippen LogP contribution >= 0.6 is 0 Å². The topological polar surface area (TPSA) is 90.5 Å². The van der Waals surface area contributed by atoms with Gasteiger partial charge in [-0.1, -0.05) is 230 Å². The molecule has 0 atom stereocenters. The molecule has 10 aromatic carbocycles. The molecule has 358 valence electrons. The average molecular weight is 975 g/mol. The van der Waals surface area contributed by atoms with Crippen molar-refractivity contribution in [1.82, 2.24) is 29.9 Å². The maximum Gasteiger partial charge on any atom is 0.164 e. The summed E-state index contributed by atoms with van der Waals surface area (Å²) in [7, 11) is 0. The minimum atomic E-state index is -0.681. The standard InChI is InChI=1S/C69H46N6O/c1-43-29-35-51(36-30-43)69(52-37-31-44(2)32-38-52)57-39-33-49(41-55(57)61-53(25-15-27-58(61)69)67-72-63(45-17-7-3-8-18-45)70-64(73-67)46-19-9-4-10-20-46)50-34-40-59-56(42-50)62-54(26-16-28-60(62)76-59)68-74-65(47-21-11-5-12-22-47)71-66(75-68)48-23-13-6-14-24-48/h3-42H,1-2H3. The molecule has 0 amide bonds. The maximum absolute atomic E-state index is 6.66. The zero-order valence-corrected chi connectivity index (χ0v) is 41.7. The quantitative estimate of drug-likeness (QED) is 0.142. The number of rotatable bonds is 9. The van der Waals surface area contributed by atoms with Crippen molar-refractivity contribution in [3.8, 4) is 90.6 Å². The van der Waals surface area contributed by atoms with Gasteiger partial charge in [-0.2, -0.15) is 0 Å². The van der Waals surface area contributed by atoms with Gasteiger partial charge in [0, 0.05) is 44.2 Å². The second kappa shape index (κ2) is 18.2. The smallest absolute Gasteiger partial charge is 0.164 e. The SMILES string of the molecule is Cc1ccc(C2(c3ccc(C)cc3)c3ccc(-c4ccc5oc6cccc(-c7nc(-c8ccccc8)nc(-c8ccccc8)n7)c6c5c4)cc3-c3c(-c4nc(-c5ccccc5)nc(-c5ccccc5)n4)cccc32)cc1. The lowest BCUT2D eigenvalue weighted by atomic mass is 9.67. The van der Waals surface area contributed by atoms with Crippen LogP contribution in [0.25, 0.3) is 113 Å². The zero-order valence-electron chi connectivity index (χ0n) is 41.7. The first-order valence-electron chi connectivity index (χ1n) is 25.6. The van der Waals surface area contributed by atoms with E-state index in [1.807, 2.05) is 109 Å². The van der Waals surface area contributed by atoms with E-state index in [9.17, 15) is 0 Å². The molecule has 3 aromatic heterocycles. The van der Waals surface area contributed by atoms with E-state index in [1.54, 1.807) is 0 Å². The normalized spacial score (nSPS) is 12.4.